The number of aromatic nitrogens is 1. The van der Waals surface area contributed by atoms with Gasteiger partial charge in [0.25, 0.3) is 0 Å². The standard InChI is InChI=1S/C13H12BrNO3/c1-8-5-10(18-15-8)4-3-9-6-11(14)13(16)12(7-9)17-2/h3-7,16H,1-2H3/b4-3+. The number of phenolic OH excluding ortho intramolecular Hbond substituents is 1. The quantitative estimate of drug-likeness (QED) is 0.940. The number of hydrogen-bond acceptors (Lipinski definition) is 4. The Labute approximate surface area is 113 Å². The largest absolute Gasteiger partial charge is 0.503 e. The van der Waals surface area contributed by atoms with Crippen molar-refractivity contribution in [2.75, 3.05) is 7.11 Å². The number of nitrogens with zero attached hydrogens (tertiary/aromatic N) is 1. The van der Waals surface area contributed by atoms with Gasteiger partial charge in [0.1, 0.15) is 0 Å². The van der Waals surface area contributed by atoms with Crippen molar-refractivity contribution in [1.29, 1.82) is 0 Å². The fourth-order valence-electron chi connectivity index (χ4n) is 1.49. The highest BCUT2D eigenvalue weighted by atomic mass is 79.9. The molecule has 0 spiro atoms. The molecule has 18 heavy (non-hydrogen) atoms. The molecular formula is C13H12BrNO3. The Balaban J connectivity index is 2.29. The highest BCUT2D eigenvalue weighted by molar-refractivity contribution is 9.10. The van der Waals surface area contributed by atoms with E-state index in [1.807, 2.05) is 19.1 Å². The minimum absolute atomic E-state index is 0.0881. The molecule has 1 aromatic heterocycles. The molecule has 0 saturated heterocycles. The van der Waals surface area contributed by atoms with Gasteiger partial charge in [0.2, 0.25) is 0 Å². The lowest BCUT2D eigenvalue weighted by atomic mass is 10.2. The van der Waals surface area contributed by atoms with Gasteiger partial charge >= 0.3 is 0 Å². The average Bonchev–Trinajstić information content (AvgIpc) is 2.76. The van der Waals surface area contributed by atoms with Gasteiger partial charge in [-0.1, -0.05) is 11.2 Å². The van der Waals surface area contributed by atoms with Crippen molar-refractivity contribution < 1.29 is 14.4 Å². The van der Waals surface area contributed by atoms with Crippen LogP contribution in [0.2, 0.25) is 0 Å². The first-order chi connectivity index (χ1) is 8.60. The first-order valence-electron chi connectivity index (χ1n) is 5.28. The summed E-state index contributed by atoms with van der Waals surface area (Å²) in [6, 6.07) is 5.36. The zero-order chi connectivity index (χ0) is 13.1. The second-order valence-electron chi connectivity index (χ2n) is 3.76. The molecule has 1 aromatic carbocycles. The van der Waals surface area contributed by atoms with E-state index in [-0.39, 0.29) is 5.75 Å². The van der Waals surface area contributed by atoms with E-state index in [2.05, 4.69) is 21.1 Å². The molecule has 0 bridgehead atoms. The van der Waals surface area contributed by atoms with Gasteiger partial charge in [0.15, 0.2) is 17.3 Å². The molecule has 0 radical (unpaired) electrons. The summed E-state index contributed by atoms with van der Waals surface area (Å²) in [6.07, 6.45) is 3.66. The lowest BCUT2D eigenvalue weighted by Gasteiger charge is -2.06. The van der Waals surface area contributed by atoms with E-state index in [0.717, 1.165) is 11.3 Å². The van der Waals surface area contributed by atoms with Crippen molar-refractivity contribution in [2.45, 2.75) is 6.92 Å². The topological polar surface area (TPSA) is 55.5 Å². The number of aryl methyl sites for hydroxylation is 1. The number of ether oxygens (including phenoxy) is 1. The molecule has 0 aliphatic rings. The number of aromatic hydroxyl groups is 1. The van der Waals surface area contributed by atoms with Gasteiger partial charge in [-0.05, 0) is 46.6 Å². The summed E-state index contributed by atoms with van der Waals surface area (Å²) in [7, 11) is 1.51. The van der Waals surface area contributed by atoms with Gasteiger partial charge in [-0.3, -0.25) is 0 Å². The molecule has 5 heteroatoms. The minimum Gasteiger partial charge on any atom is -0.503 e. The monoisotopic (exact) mass is 309 g/mol. The van der Waals surface area contributed by atoms with Crippen molar-refractivity contribution in [2.24, 2.45) is 0 Å². The van der Waals surface area contributed by atoms with Crippen molar-refractivity contribution >= 4 is 28.1 Å². The van der Waals surface area contributed by atoms with Crippen LogP contribution in [0, 0.1) is 6.92 Å². The maximum atomic E-state index is 9.69. The third kappa shape index (κ3) is 2.73. The molecule has 94 valence electrons. The van der Waals surface area contributed by atoms with Gasteiger partial charge in [0, 0.05) is 6.07 Å². The lowest BCUT2D eigenvalue weighted by Crippen LogP contribution is -1.85. The van der Waals surface area contributed by atoms with Crippen LogP contribution in [0.15, 0.2) is 27.2 Å². The van der Waals surface area contributed by atoms with E-state index in [4.69, 9.17) is 9.26 Å². The van der Waals surface area contributed by atoms with E-state index in [0.29, 0.717) is 16.0 Å². The molecule has 0 fully saturated rings. The van der Waals surface area contributed by atoms with Crippen LogP contribution in [0.1, 0.15) is 17.0 Å². The van der Waals surface area contributed by atoms with Crippen molar-refractivity contribution in [3.05, 3.63) is 39.7 Å². The molecule has 4 nitrogen and oxygen atoms in total. The van der Waals surface area contributed by atoms with Crippen LogP contribution in [-0.4, -0.2) is 17.4 Å². The second kappa shape index (κ2) is 5.27. The summed E-state index contributed by atoms with van der Waals surface area (Å²) in [4.78, 5) is 0. The molecule has 2 aromatic rings. The number of rotatable bonds is 3. The highest BCUT2D eigenvalue weighted by Crippen LogP contribution is 2.35. The van der Waals surface area contributed by atoms with E-state index in [1.165, 1.54) is 7.11 Å². The van der Waals surface area contributed by atoms with Crippen LogP contribution in [-0.2, 0) is 0 Å². The number of hydrogen-bond donors (Lipinski definition) is 1. The zero-order valence-electron chi connectivity index (χ0n) is 9.98. The van der Waals surface area contributed by atoms with Crippen LogP contribution in [0.25, 0.3) is 12.2 Å². The van der Waals surface area contributed by atoms with E-state index < -0.39 is 0 Å². The van der Waals surface area contributed by atoms with Crippen molar-refractivity contribution in [1.82, 2.24) is 5.16 Å². The number of phenols is 1. The predicted molar refractivity (Wildman–Crippen MR) is 72.5 cm³/mol. The normalized spacial score (nSPS) is 11.1. The Bertz CT molecular complexity index is 590. The third-order valence-electron chi connectivity index (χ3n) is 2.36. The van der Waals surface area contributed by atoms with Crippen molar-refractivity contribution in [3.8, 4) is 11.5 Å². The Morgan fingerprint density at radius 3 is 2.72 bits per heavy atom. The SMILES string of the molecule is COc1cc(/C=C/c2cc(C)no2)cc(Br)c1O. The zero-order valence-corrected chi connectivity index (χ0v) is 11.6. The van der Waals surface area contributed by atoms with Gasteiger partial charge in [-0.15, -0.1) is 0 Å². The van der Waals surface area contributed by atoms with Crippen LogP contribution in [0.3, 0.4) is 0 Å². The molecular weight excluding hydrogens is 298 g/mol. The van der Waals surface area contributed by atoms with Crippen LogP contribution in [0.5, 0.6) is 11.5 Å². The number of halogens is 1. The van der Waals surface area contributed by atoms with E-state index in [1.54, 1.807) is 18.2 Å². The fraction of sp³-hybridized carbons (Fsp3) is 0.154. The lowest BCUT2D eigenvalue weighted by molar-refractivity contribution is 0.372. The minimum atomic E-state index is 0.0881. The molecule has 1 N–H and O–H groups in total. The first kappa shape index (κ1) is 12.7. The Morgan fingerprint density at radius 2 is 2.11 bits per heavy atom. The Hall–Kier alpha value is -1.75. The molecule has 0 aliphatic carbocycles. The summed E-state index contributed by atoms with van der Waals surface area (Å²) in [6.45, 7) is 1.86. The number of methoxy groups -OCH3 is 1. The first-order valence-corrected chi connectivity index (χ1v) is 6.07. The summed E-state index contributed by atoms with van der Waals surface area (Å²) < 4.78 is 10.7. The second-order valence-corrected chi connectivity index (χ2v) is 4.61. The molecule has 0 unspecified atom stereocenters. The highest BCUT2D eigenvalue weighted by Gasteiger charge is 2.07. The molecule has 0 saturated carbocycles. The maximum Gasteiger partial charge on any atom is 0.172 e. The number of benzene rings is 1. The van der Waals surface area contributed by atoms with Crippen LogP contribution < -0.4 is 4.74 Å². The van der Waals surface area contributed by atoms with E-state index >= 15 is 0 Å². The van der Waals surface area contributed by atoms with Gasteiger partial charge in [0.05, 0.1) is 17.3 Å². The Morgan fingerprint density at radius 1 is 1.33 bits per heavy atom. The summed E-state index contributed by atoms with van der Waals surface area (Å²) in [5.41, 5.74) is 1.71. The molecule has 1 heterocycles. The van der Waals surface area contributed by atoms with Gasteiger partial charge in [-0.2, -0.15) is 0 Å². The van der Waals surface area contributed by atoms with Gasteiger partial charge in [-0.25, -0.2) is 0 Å². The molecule has 0 amide bonds. The summed E-state index contributed by atoms with van der Waals surface area (Å²) in [5.74, 6) is 1.18. The molecule has 0 atom stereocenters. The van der Waals surface area contributed by atoms with Crippen LogP contribution in [0.4, 0.5) is 0 Å². The van der Waals surface area contributed by atoms with Crippen molar-refractivity contribution in [3.63, 3.8) is 0 Å². The molecule has 0 aliphatic heterocycles. The molecule has 2 rings (SSSR count). The van der Waals surface area contributed by atoms with Crippen LogP contribution >= 0.6 is 15.9 Å². The predicted octanol–water partition coefficient (Wildman–Crippen LogP) is 3.63. The summed E-state index contributed by atoms with van der Waals surface area (Å²) >= 11 is 3.27. The Kier molecular flexibility index (Phi) is 3.72. The third-order valence-corrected chi connectivity index (χ3v) is 2.96. The smallest absolute Gasteiger partial charge is 0.172 e. The average molecular weight is 310 g/mol. The van der Waals surface area contributed by atoms with Gasteiger partial charge < -0.3 is 14.4 Å². The maximum absolute atomic E-state index is 9.69. The summed E-state index contributed by atoms with van der Waals surface area (Å²) in [5, 5.41) is 13.5. The van der Waals surface area contributed by atoms with E-state index in [9.17, 15) is 5.11 Å². The fourth-order valence-corrected chi connectivity index (χ4v) is 1.95.